The number of hydrogen-bond acceptors (Lipinski definition) is 2. The highest BCUT2D eigenvalue weighted by atomic mass is 79.9. The van der Waals surface area contributed by atoms with Gasteiger partial charge in [0.05, 0.1) is 0 Å². The molecule has 4 nitrogen and oxygen atoms in total. The Labute approximate surface area is 115 Å². The number of halogens is 1. The van der Waals surface area contributed by atoms with Crippen molar-refractivity contribution in [2.24, 2.45) is 5.92 Å². The third kappa shape index (κ3) is 4.49. The normalized spacial score (nSPS) is 10.4. The number of amides is 1. The zero-order valence-electron chi connectivity index (χ0n) is 10.4. The quantitative estimate of drug-likeness (QED) is 0.909. The van der Waals surface area contributed by atoms with Crippen molar-refractivity contribution in [2.45, 2.75) is 13.8 Å². The van der Waals surface area contributed by atoms with Crippen molar-refractivity contribution in [1.82, 2.24) is 4.90 Å². The average molecular weight is 314 g/mol. The highest BCUT2D eigenvalue weighted by Crippen LogP contribution is 2.14. The minimum atomic E-state index is -1.00. The minimum Gasteiger partial charge on any atom is -0.480 e. The lowest BCUT2D eigenvalue weighted by molar-refractivity contribution is -0.137. The third-order valence-electron chi connectivity index (χ3n) is 2.27. The van der Waals surface area contributed by atoms with Crippen LogP contribution < -0.4 is 0 Å². The molecule has 1 aromatic rings. The van der Waals surface area contributed by atoms with Crippen molar-refractivity contribution in [3.63, 3.8) is 0 Å². The molecule has 0 aromatic heterocycles. The van der Waals surface area contributed by atoms with Gasteiger partial charge in [0.1, 0.15) is 6.54 Å². The van der Waals surface area contributed by atoms with E-state index in [1.54, 1.807) is 18.2 Å². The lowest BCUT2D eigenvalue weighted by Crippen LogP contribution is -2.38. The first kappa shape index (κ1) is 14.7. The number of aliphatic carboxylic acids is 1. The molecule has 1 rings (SSSR count). The van der Waals surface area contributed by atoms with Crippen molar-refractivity contribution in [3.05, 3.63) is 34.3 Å². The predicted octanol–water partition coefficient (Wildman–Crippen LogP) is 2.63. The Morgan fingerprint density at radius 1 is 1.39 bits per heavy atom. The Balaban J connectivity index is 2.90. The van der Waals surface area contributed by atoms with Crippen LogP contribution in [0.2, 0.25) is 0 Å². The van der Waals surface area contributed by atoms with Crippen molar-refractivity contribution in [3.8, 4) is 0 Å². The second kappa shape index (κ2) is 6.54. The van der Waals surface area contributed by atoms with E-state index in [0.717, 1.165) is 4.47 Å². The highest BCUT2D eigenvalue weighted by molar-refractivity contribution is 9.10. The molecule has 0 saturated heterocycles. The summed E-state index contributed by atoms with van der Waals surface area (Å²) in [6.45, 7) is 4.05. The maximum absolute atomic E-state index is 12.2. The number of carboxylic acid groups (broad SMARTS) is 1. The number of hydrogen-bond donors (Lipinski definition) is 1. The molecule has 0 saturated carbocycles. The maximum atomic E-state index is 12.2. The van der Waals surface area contributed by atoms with Crippen molar-refractivity contribution in [1.29, 1.82) is 0 Å². The fraction of sp³-hybridized carbons (Fsp3) is 0.385. The summed E-state index contributed by atoms with van der Waals surface area (Å²) in [5.74, 6) is -1.04. The van der Waals surface area contributed by atoms with Gasteiger partial charge in [-0.3, -0.25) is 9.59 Å². The molecule has 0 atom stereocenters. The Bertz CT molecular complexity index is 446. The van der Waals surface area contributed by atoms with Crippen LogP contribution in [0.4, 0.5) is 0 Å². The van der Waals surface area contributed by atoms with E-state index in [1.807, 2.05) is 19.9 Å². The molecule has 0 unspecified atom stereocenters. The molecule has 0 heterocycles. The summed E-state index contributed by atoms with van der Waals surface area (Å²) in [7, 11) is 0. The summed E-state index contributed by atoms with van der Waals surface area (Å²) in [6, 6.07) is 6.95. The van der Waals surface area contributed by atoms with Gasteiger partial charge in [-0.2, -0.15) is 0 Å². The van der Waals surface area contributed by atoms with E-state index < -0.39 is 5.97 Å². The molecular weight excluding hydrogens is 298 g/mol. The Morgan fingerprint density at radius 3 is 2.56 bits per heavy atom. The molecule has 0 aliphatic heterocycles. The SMILES string of the molecule is CC(C)CN(CC(=O)O)C(=O)c1cccc(Br)c1. The Morgan fingerprint density at radius 2 is 2.06 bits per heavy atom. The maximum Gasteiger partial charge on any atom is 0.323 e. The fourth-order valence-electron chi connectivity index (χ4n) is 1.63. The first-order valence-corrected chi connectivity index (χ1v) is 6.46. The van der Waals surface area contributed by atoms with Crippen molar-refractivity contribution < 1.29 is 14.7 Å². The van der Waals surface area contributed by atoms with Gasteiger partial charge in [-0.25, -0.2) is 0 Å². The van der Waals surface area contributed by atoms with E-state index in [4.69, 9.17) is 5.11 Å². The lowest BCUT2D eigenvalue weighted by atomic mass is 10.1. The second-order valence-electron chi connectivity index (χ2n) is 4.48. The smallest absolute Gasteiger partial charge is 0.323 e. The predicted molar refractivity (Wildman–Crippen MR) is 72.5 cm³/mol. The van der Waals surface area contributed by atoms with Crippen LogP contribution in [0.25, 0.3) is 0 Å². The van der Waals surface area contributed by atoms with Crippen molar-refractivity contribution >= 4 is 27.8 Å². The summed E-state index contributed by atoms with van der Waals surface area (Å²) in [6.07, 6.45) is 0. The van der Waals surface area contributed by atoms with E-state index in [1.165, 1.54) is 4.90 Å². The number of carboxylic acids is 1. The summed E-state index contributed by atoms with van der Waals surface area (Å²) >= 11 is 3.29. The second-order valence-corrected chi connectivity index (χ2v) is 5.40. The third-order valence-corrected chi connectivity index (χ3v) is 2.76. The molecule has 0 fully saturated rings. The first-order valence-electron chi connectivity index (χ1n) is 5.66. The van der Waals surface area contributed by atoms with Crippen LogP contribution in [0, 0.1) is 5.92 Å². The number of rotatable bonds is 5. The number of carbonyl (C=O) groups is 2. The molecule has 1 amide bonds. The van der Waals surface area contributed by atoms with Gasteiger partial charge in [0.2, 0.25) is 0 Å². The molecule has 0 aliphatic rings. The molecule has 0 radical (unpaired) electrons. The summed E-state index contributed by atoms with van der Waals surface area (Å²) in [5.41, 5.74) is 0.492. The van der Waals surface area contributed by atoms with Gasteiger partial charge in [-0.1, -0.05) is 35.8 Å². The van der Waals surface area contributed by atoms with Crippen LogP contribution in [0.1, 0.15) is 24.2 Å². The van der Waals surface area contributed by atoms with Gasteiger partial charge in [0, 0.05) is 16.6 Å². The van der Waals surface area contributed by atoms with E-state index in [2.05, 4.69) is 15.9 Å². The van der Waals surface area contributed by atoms with E-state index >= 15 is 0 Å². The van der Waals surface area contributed by atoms with Crippen LogP contribution in [0.15, 0.2) is 28.7 Å². The molecule has 0 bridgehead atoms. The van der Waals surface area contributed by atoms with E-state index in [-0.39, 0.29) is 18.4 Å². The summed E-state index contributed by atoms with van der Waals surface area (Å²) < 4.78 is 0.799. The van der Waals surface area contributed by atoms with Gasteiger partial charge >= 0.3 is 5.97 Å². The highest BCUT2D eigenvalue weighted by Gasteiger charge is 2.19. The lowest BCUT2D eigenvalue weighted by Gasteiger charge is -2.22. The topological polar surface area (TPSA) is 57.6 Å². The van der Waals surface area contributed by atoms with Gasteiger partial charge in [-0.15, -0.1) is 0 Å². The molecule has 98 valence electrons. The Kier molecular flexibility index (Phi) is 5.34. The standard InChI is InChI=1S/C13H16BrNO3/c1-9(2)7-15(8-12(16)17)13(18)10-4-3-5-11(14)6-10/h3-6,9H,7-8H2,1-2H3,(H,16,17). The molecule has 0 aliphatic carbocycles. The van der Waals surface area contributed by atoms with Gasteiger partial charge in [0.15, 0.2) is 0 Å². The van der Waals surface area contributed by atoms with Crippen LogP contribution in [-0.4, -0.2) is 35.0 Å². The monoisotopic (exact) mass is 313 g/mol. The first-order chi connectivity index (χ1) is 8.40. The zero-order valence-corrected chi connectivity index (χ0v) is 12.0. The largest absolute Gasteiger partial charge is 0.480 e. The van der Waals surface area contributed by atoms with Crippen LogP contribution in [0.5, 0.6) is 0 Å². The fourth-order valence-corrected chi connectivity index (χ4v) is 2.03. The minimum absolute atomic E-state index is 0.223. The van der Waals surface area contributed by atoms with Crippen molar-refractivity contribution in [2.75, 3.05) is 13.1 Å². The molecule has 1 aromatic carbocycles. The van der Waals surface area contributed by atoms with E-state index in [0.29, 0.717) is 12.1 Å². The summed E-state index contributed by atoms with van der Waals surface area (Å²) in [5, 5.41) is 8.84. The van der Waals surface area contributed by atoms with Crippen LogP contribution >= 0.6 is 15.9 Å². The van der Waals surface area contributed by atoms with E-state index in [9.17, 15) is 9.59 Å². The molecule has 1 N–H and O–H groups in total. The van der Waals surface area contributed by atoms with Gasteiger partial charge in [-0.05, 0) is 24.1 Å². The number of nitrogens with zero attached hydrogens (tertiary/aromatic N) is 1. The Hall–Kier alpha value is -1.36. The number of carbonyl (C=O) groups excluding carboxylic acids is 1. The molecule has 18 heavy (non-hydrogen) atoms. The molecule has 5 heteroatoms. The zero-order chi connectivity index (χ0) is 13.7. The summed E-state index contributed by atoms with van der Waals surface area (Å²) in [4.78, 5) is 24.4. The average Bonchev–Trinajstić information content (AvgIpc) is 2.26. The molecular formula is C13H16BrNO3. The van der Waals surface area contributed by atoms with Crippen LogP contribution in [0.3, 0.4) is 0 Å². The van der Waals surface area contributed by atoms with Crippen LogP contribution in [-0.2, 0) is 4.79 Å². The van der Waals surface area contributed by atoms with Gasteiger partial charge < -0.3 is 10.0 Å². The molecule has 0 spiro atoms. The number of benzene rings is 1. The van der Waals surface area contributed by atoms with Gasteiger partial charge in [0.25, 0.3) is 5.91 Å².